The van der Waals surface area contributed by atoms with E-state index in [1.165, 1.54) is 19.3 Å². The van der Waals surface area contributed by atoms with E-state index >= 15 is 0 Å². The first kappa shape index (κ1) is 22.9. The van der Waals surface area contributed by atoms with Crippen molar-refractivity contribution in [1.82, 2.24) is 15.1 Å². The molecule has 1 N–H and O–H groups in total. The third kappa shape index (κ3) is 5.49. The second-order valence-electron chi connectivity index (χ2n) is 8.18. The highest BCUT2D eigenvalue weighted by molar-refractivity contribution is 8.00. The van der Waals surface area contributed by atoms with Gasteiger partial charge in [0.05, 0.1) is 12.5 Å². The van der Waals surface area contributed by atoms with Crippen LogP contribution in [-0.2, 0) is 4.79 Å². The van der Waals surface area contributed by atoms with Gasteiger partial charge < -0.3 is 19.9 Å². The Morgan fingerprint density at radius 2 is 2.00 bits per heavy atom. The Hall–Kier alpha value is -1.73. The minimum atomic E-state index is -0.413. The third-order valence-corrected chi connectivity index (χ3v) is 7.63. The van der Waals surface area contributed by atoms with E-state index in [9.17, 15) is 9.59 Å². The number of hydrogen-bond acceptors (Lipinski definition) is 5. The zero-order chi connectivity index (χ0) is 21.5. The van der Waals surface area contributed by atoms with Crippen molar-refractivity contribution in [3.8, 4) is 5.75 Å². The zero-order valence-corrected chi connectivity index (χ0v) is 19.2. The number of methoxy groups -OCH3 is 1. The lowest BCUT2D eigenvalue weighted by atomic mass is 10.0. The standard InChI is InChI=1S/C23H35N3O3S/c1-4-21-26(23(28)18-9-11-19(29-3)12-10-18)20(16-30-21)22(27)24-13-7-15-25-14-6-5-8-17(25)2/h9-12,17,20-21H,4-8,13-16H2,1-3H3,(H,24,27). The largest absolute Gasteiger partial charge is 0.497 e. The second-order valence-corrected chi connectivity index (χ2v) is 9.39. The van der Waals surface area contributed by atoms with Crippen molar-refractivity contribution in [2.75, 3.05) is 32.5 Å². The molecule has 0 aliphatic carbocycles. The topological polar surface area (TPSA) is 61.9 Å². The minimum Gasteiger partial charge on any atom is -0.497 e. The molecule has 0 bridgehead atoms. The molecule has 166 valence electrons. The fourth-order valence-electron chi connectivity index (χ4n) is 4.34. The Labute approximate surface area is 184 Å². The predicted octanol–water partition coefficient (Wildman–Crippen LogP) is 3.37. The Bertz CT molecular complexity index is 712. The molecule has 1 aromatic rings. The fourth-order valence-corrected chi connectivity index (χ4v) is 5.69. The van der Waals surface area contributed by atoms with Crippen LogP contribution in [0.15, 0.2) is 24.3 Å². The normalized spacial score (nSPS) is 24.6. The summed E-state index contributed by atoms with van der Waals surface area (Å²) in [4.78, 5) is 30.4. The van der Waals surface area contributed by atoms with Crippen LogP contribution in [0.5, 0.6) is 5.75 Å². The highest BCUT2D eigenvalue weighted by atomic mass is 32.2. The molecule has 0 aromatic heterocycles. The molecule has 2 heterocycles. The van der Waals surface area contributed by atoms with Gasteiger partial charge in [-0.25, -0.2) is 0 Å². The van der Waals surface area contributed by atoms with E-state index in [1.54, 1.807) is 48.0 Å². The van der Waals surface area contributed by atoms with Gasteiger partial charge in [0, 0.05) is 30.4 Å². The molecule has 2 fully saturated rings. The van der Waals surface area contributed by atoms with Crippen molar-refractivity contribution in [1.29, 1.82) is 0 Å². The number of piperidine rings is 1. The smallest absolute Gasteiger partial charge is 0.255 e. The second kappa shape index (κ2) is 11.0. The summed E-state index contributed by atoms with van der Waals surface area (Å²) >= 11 is 1.69. The number of nitrogens with one attached hydrogen (secondary N) is 1. The SMILES string of the molecule is CCC1SCC(C(=O)NCCCN2CCCCC2C)N1C(=O)c1ccc(OC)cc1. The molecule has 6 nitrogen and oxygen atoms in total. The molecule has 2 saturated heterocycles. The average molecular weight is 434 g/mol. The van der Waals surface area contributed by atoms with E-state index in [4.69, 9.17) is 4.74 Å². The van der Waals surface area contributed by atoms with Gasteiger partial charge in [-0.05, 0) is 63.4 Å². The lowest BCUT2D eigenvalue weighted by Crippen LogP contribution is -2.50. The van der Waals surface area contributed by atoms with Gasteiger partial charge in [-0.2, -0.15) is 0 Å². The van der Waals surface area contributed by atoms with E-state index in [0.29, 0.717) is 29.7 Å². The first-order valence-corrected chi connectivity index (χ1v) is 12.2. The predicted molar refractivity (Wildman–Crippen MR) is 122 cm³/mol. The van der Waals surface area contributed by atoms with Gasteiger partial charge >= 0.3 is 0 Å². The van der Waals surface area contributed by atoms with Crippen LogP contribution in [0, 0.1) is 0 Å². The number of hydrogen-bond donors (Lipinski definition) is 1. The first-order valence-electron chi connectivity index (χ1n) is 11.1. The molecule has 2 amide bonds. The van der Waals surface area contributed by atoms with Crippen molar-refractivity contribution in [2.24, 2.45) is 0 Å². The molecular formula is C23H35N3O3S. The van der Waals surface area contributed by atoms with E-state index < -0.39 is 6.04 Å². The van der Waals surface area contributed by atoms with Crippen molar-refractivity contribution < 1.29 is 14.3 Å². The van der Waals surface area contributed by atoms with Crippen LogP contribution in [0.3, 0.4) is 0 Å². The molecule has 2 aliphatic heterocycles. The van der Waals surface area contributed by atoms with Crippen LogP contribution in [-0.4, -0.2) is 71.6 Å². The van der Waals surface area contributed by atoms with Gasteiger partial charge in [0.1, 0.15) is 11.8 Å². The third-order valence-electron chi connectivity index (χ3n) is 6.18. The Balaban J connectivity index is 1.55. The Kier molecular flexibility index (Phi) is 8.45. The molecule has 30 heavy (non-hydrogen) atoms. The number of ether oxygens (including phenoxy) is 1. The van der Waals surface area contributed by atoms with Crippen LogP contribution in [0.4, 0.5) is 0 Å². The number of carbonyl (C=O) groups excluding carboxylic acids is 2. The van der Waals surface area contributed by atoms with Gasteiger partial charge in [-0.15, -0.1) is 11.8 Å². The molecule has 0 saturated carbocycles. The van der Waals surface area contributed by atoms with Crippen LogP contribution in [0.1, 0.15) is 56.3 Å². The molecule has 3 unspecified atom stereocenters. The zero-order valence-electron chi connectivity index (χ0n) is 18.4. The van der Waals surface area contributed by atoms with Gasteiger partial charge in [-0.1, -0.05) is 13.3 Å². The Morgan fingerprint density at radius 3 is 2.67 bits per heavy atom. The molecule has 2 aliphatic rings. The van der Waals surface area contributed by atoms with Gasteiger partial charge in [0.15, 0.2) is 0 Å². The number of rotatable bonds is 8. The number of benzene rings is 1. The summed E-state index contributed by atoms with van der Waals surface area (Å²) in [6.07, 6.45) is 5.64. The molecule has 3 atom stereocenters. The molecule has 1 aromatic carbocycles. The molecule has 0 radical (unpaired) electrons. The van der Waals surface area contributed by atoms with Crippen molar-refractivity contribution in [3.63, 3.8) is 0 Å². The summed E-state index contributed by atoms with van der Waals surface area (Å²) in [5.74, 6) is 1.24. The van der Waals surface area contributed by atoms with Crippen LogP contribution in [0.25, 0.3) is 0 Å². The van der Waals surface area contributed by atoms with E-state index in [0.717, 1.165) is 25.9 Å². The molecular weight excluding hydrogens is 398 g/mol. The molecule has 3 rings (SSSR count). The maximum atomic E-state index is 13.2. The minimum absolute atomic E-state index is 0.0320. The summed E-state index contributed by atoms with van der Waals surface area (Å²) in [7, 11) is 1.60. The monoisotopic (exact) mass is 433 g/mol. The highest BCUT2D eigenvalue weighted by Gasteiger charge is 2.40. The molecule has 7 heteroatoms. The average Bonchev–Trinajstić information content (AvgIpc) is 3.21. The summed E-state index contributed by atoms with van der Waals surface area (Å²) in [5.41, 5.74) is 0.591. The summed E-state index contributed by atoms with van der Waals surface area (Å²) in [6.45, 7) is 7.20. The first-order chi connectivity index (χ1) is 14.5. The maximum absolute atomic E-state index is 13.2. The lowest BCUT2D eigenvalue weighted by Gasteiger charge is -2.33. The number of nitrogens with zero attached hydrogens (tertiary/aromatic N) is 2. The van der Waals surface area contributed by atoms with Crippen molar-refractivity contribution in [3.05, 3.63) is 29.8 Å². The van der Waals surface area contributed by atoms with Crippen molar-refractivity contribution in [2.45, 2.75) is 63.4 Å². The number of amides is 2. The van der Waals surface area contributed by atoms with Crippen molar-refractivity contribution >= 4 is 23.6 Å². The van der Waals surface area contributed by atoms with E-state index in [1.807, 2.05) is 0 Å². The van der Waals surface area contributed by atoms with Crippen LogP contribution in [0.2, 0.25) is 0 Å². The number of carbonyl (C=O) groups is 2. The Morgan fingerprint density at radius 1 is 1.23 bits per heavy atom. The van der Waals surface area contributed by atoms with E-state index in [2.05, 4.69) is 24.1 Å². The van der Waals surface area contributed by atoms with Gasteiger partial charge in [0.25, 0.3) is 5.91 Å². The quantitative estimate of drug-likeness (QED) is 0.637. The fraction of sp³-hybridized carbons (Fsp3) is 0.652. The summed E-state index contributed by atoms with van der Waals surface area (Å²) < 4.78 is 5.18. The molecule has 0 spiro atoms. The summed E-state index contributed by atoms with van der Waals surface area (Å²) in [6, 6.07) is 7.34. The number of likely N-dealkylation sites (tertiary alicyclic amines) is 1. The van der Waals surface area contributed by atoms with Crippen LogP contribution >= 0.6 is 11.8 Å². The number of thioether (sulfide) groups is 1. The van der Waals surface area contributed by atoms with E-state index in [-0.39, 0.29) is 17.2 Å². The van der Waals surface area contributed by atoms with Crippen LogP contribution < -0.4 is 10.1 Å². The summed E-state index contributed by atoms with van der Waals surface area (Å²) in [5, 5.41) is 3.12. The maximum Gasteiger partial charge on any atom is 0.255 e. The van der Waals surface area contributed by atoms with Gasteiger partial charge in [0.2, 0.25) is 5.91 Å². The lowest BCUT2D eigenvalue weighted by molar-refractivity contribution is -0.124. The van der Waals surface area contributed by atoms with Gasteiger partial charge in [-0.3, -0.25) is 9.59 Å². The highest BCUT2D eigenvalue weighted by Crippen LogP contribution is 2.33.